The van der Waals surface area contributed by atoms with Crippen molar-refractivity contribution in [3.63, 3.8) is 0 Å². The first-order chi connectivity index (χ1) is 9.84. The highest BCUT2D eigenvalue weighted by Gasteiger charge is 2.29. The highest BCUT2D eigenvalue weighted by Crippen LogP contribution is 2.11. The van der Waals surface area contributed by atoms with Crippen molar-refractivity contribution in [2.24, 2.45) is 0 Å². The second-order valence-electron chi connectivity index (χ2n) is 6.64. The Balaban J connectivity index is 4.92. The van der Waals surface area contributed by atoms with Crippen LogP contribution in [0.15, 0.2) is 0 Å². The highest BCUT2D eigenvalue weighted by molar-refractivity contribution is 6.28. The molecule has 0 heterocycles. The van der Waals surface area contributed by atoms with Crippen LogP contribution in [0, 0.1) is 0 Å². The van der Waals surface area contributed by atoms with Gasteiger partial charge in [0.2, 0.25) is 0 Å². The largest absolute Gasteiger partial charge is 0.460 e. The predicted molar refractivity (Wildman–Crippen MR) is 78.3 cm³/mol. The van der Waals surface area contributed by atoms with Crippen molar-refractivity contribution in [2.45, 2.75) is 65.2 Å². The summed E-state index contributed by atoms with van der Waals surface area (Å²) in [6, 6.07) is -1.24. The first-order valence-electron chi connectivity index (χ1n) is 6.76. The van der Waals surface area contributed by atoms with Crippen LogP contribution >= 0.6 is 0 Å². The lowest BCUT2D eigenvalue weighted by Crippen LogP contribution is -2.45. The van der Waals surface area contributed by atoms with Crippen LogP contribution in [-0.2, 0) is 19.1 Å². The van der Waals surface area contributed by atoms with Crippen molar-refractivity contribution >= 4 is 24.1 Å². The maximum Gasteiger partial charge on any atom is 0.408 e. The Morgan fingerprint density at radius 1 is 1.09 bits per heavy atom. The van der Waals surface area contributed by atoms with Gasteiger partial charge in [-0.15, -0.1) is 0 Å². The van der Waals surface area contributed by atoms with Crippen molar-refractivity contribution in [3.8, 4) is 0 Å². The molecular weight excluding hydrogens is 290 g/mol. The Kier molecular flexibility index (Phi) is 6.93. The molecule has 0 spiro atoms. The van der Waals surface area contributed by atoms with Crippen LogP contribution in [0.2, 0.25) is 0 Å². The Morgan fingerprint density at radius 2 is 1.59 bits per heavy atom. The molecule has 0 aromatic rings. The van der Waals surface area contributed by atoms with E-state index in [-0.39, 0.29) is 0 Å². The fraction of sp³-hybridized carbons (Fsp3) is 0.714. The molecule has 124 valence electrons. The number of rotatable bonds is 5. The number of nitrogens with one attached hydrogen (secondary N) is 1. The van der Waals surface area contributed by atoms with E-state index in [1.54, 1.807) is 41.5 Å². The first kappa shape index (κ1) is 19.8. The average Bonchev–Trinajstić information content (AvgIpc) is 2.22. The number of ketones is 1. The topological polar surface area (TPSA) is 118 Å². The van der Waals surface area contributed by atoms with Gasteiger partial charge in [-0.05, 0) is 41.5 Å². The van der Waals surface area contributed by atoms with Gasteiger partial charge in [0.15, 0.2) is 0 Å². The number of carbonyl (C=O) groups excluding carboxylic acids is 3. The van der Waals surface area contributed by atoms with Gasteiger partial charge >= 0.3 is 18.3 Å². The van der Waals surface area contributed by atoms with Crippen LogP contribution in [0.1, 0.15) is 48.0 Å². The molecule has 0 aliphatic carbocycles. The number of ether oxygens (including phenoxy) is 2. The molecule has 0 aliphatic heterocycles. The van der Waals surface area contributed by atoms with E-state index < -0.39 is 41.5 Å². The van der Waals surface area contributed by atoms with Gasteiger partial charge in [0.25, 0.3) is 5.78 Å². The molecule has 0 rings (SSSR count). The second kappa shape index (κ2) is 7.70. The van der Waals surface area contributed by atoms with Crippen molar-refractivity contribution in [1.29, 1.82) is 0 Å². The van der Waals surface area contributed by atoms with Gasteiger partial charge < -0.3 is 20.3 Å². The summed E-state index contributed by atoms with van der Waals surface area (Å²) in [6.45, 7) is 10.0. The SMILES string of the molecule is CC(C)(C)OC(=O)C[C@@H](NC(=O)OC(C)(C)C)C(=O)C=[N+]=[N-]. The fourth-order valence-electron chi connectivity index (χ4n) is 1.37. The van der Waals surface area contributed by atoms with Crippen LogP contribution < -0.4 is 5.32 Å². The normalized spacial score (nSPS) is 12.6. The van der Waals surface area contributed by atoms with E-state index in [1.807, 2.05) is 0 Å². The van der Waals surface area contributed by atoms with Gasteiger partial charge in [0.05, 0.1) is 6.42 Å². The Bertz CT molecular complexity index is 452. The van der Waals surface area contributed by atoms with E-state index in [0.717, 1.165) is 0 Å². The van der Waals surface area contributed by atoms with Gasteiger partial charge in [-0.25, -0.2) is 4.79 Å². The standard InChI is InChI=1S/C14H23N3O5/c1-13(2,3)21-11(19)7-9(10(18)8-16-15)17-12(20)22-14(4,5)6/h8-9H,7H2,1-6H3,(H,17,20)/t9-/m1/s1. The molecule has 8 nitrogen and oxygen atoms in total. The highest BCUT2D eigenvalue weighted by atomic mass is 16.6. The Labute approximate surface area is 129 Å². The fourth-order valence-corrected chi connectivity index (χ4v) is 1.37. The molecule has 1 amide bonds. The molecule has 0 bridgehead atoms. The smallest absolute Gasteiger partial charge is 0.408 e. The average molecular weight is 313 g/mol. The first-order valence-corrected chi connectivity index (χ1v) is 6.76. The van der Waals surface area contributed by atoms with Gasteiger partial charge in [0, 0.05) is 0 Å². The molecule has 0 saturated carbocycles. The summed E-state index contributed by atoms with van der Waals surface area (Å²) >= 11 is 0. The van der Waals surface area contributed by atoms with Crippen LogP contribution in [0.5, 0.6) is 0 Å². The zero-order valence-corrected chi connectivity index (χ0v) is 13.8. The summed E-state index contributed by atoms with van der Waals surface area (Å²) < 4.78 is 10.1. The summed E-state index contributed by atoms with van der Waals surface area (Å²) in [4.78, 5) is 37.8. The molecule has 0 unspecified atom stereocenters. The van der Waals surface area contributed by atoms with Gasteiger partial charge in [-0.1, -0.05) is 0 Å². The van der Waals surface area contributed by atoms with E-state index in [2.05, 4.69) is 10.1 Å². The number of amides is 1. The number of carbonyl (C=O) groups is 3. The van der Waals surface area contributed by atoms with Gasteiger partial charge in [0.1, 0.15) is 17.2 Å². The monoisotopic (exact) mass is 313 g/mol. The lowest BCUT2D eigenvalue weighted by molar-refractivity contribution is -0.156. The maximum atomic E-state index is 11.8. The Morgan fingerprint density at radius 3 is 2.00 bits per heavy atom. The minimum Gasteiger partial charge on any atom is -0.460 e. The molecule has 0 saturated heterocycles. The number of hydrogen-bond acceptors (Lipinski definition) is 5. The zero-order valence-electron chi connectivity index (χ0n) is 13.8. The quantitative estimate of drug-likeness (QED) is 0.357. The van der Waals surface area contributed by atoms with E-state index in [4.69, 9.17) is 15.0 Å². The van der Waals surface area contributed by atoms with Gasteiger partial charge in [-0.3, -0.25) is 9.59 Å². The minimum atomic E-state index is -1.24. The molecule has 8 heteroatoms. The van der Waals surface area contributed by atoms with E-state index >= 15 is 0 Å². The lowest BCUT2D eigenvalue weighted by Gasteiger charge is -2.23. The molecule has 0 fully saturated rings. The van der Waals surface area contributed by atoms with Crippen LogP contribution in [0.3, 0.4) is 0 Å². The zero-order chi connectivity index (χ0) is 17.6. The van der Waals surface area contributed by atoms with Crippen molar-refractivity contribution in [1.82, 2.24) is 5.32 Å². The number of nitrogens with zero attached hydrogens (tertiary/aromatic N) is 2. The second-order valence-corrected chi connectivity index (χ2v) is 6.64. The number of alkyl carbamates (subject to hydrolysis) is 1. The third-order valence-corrected chi connectivity index (χ3v) is 2.01. The summed E-state index contributed by atoms with van der Waals surface area (Å²) in [5.41, 5.74) is 6.94. The van der Waals surface area contributed by atoms with Crippen LogP contribution in [0.4, 0.5) is 4.79 Å². The predicted octanol–water partition coefficient (Wildman–Crippen LogP) is 1.48. The number of Topliss-reactive ketones (excluding diaryl/α,β-unsaturated/α-hetero) is 1. The molecule has 0 aliphatic rings. The molecule has 1 atom stereocenters. The minimum absolute atomic E-state index is 0.401. The van der Waals surface area contributed by atoms with Crippen molar-refractivity contribution < 1.29 is 28.6 Å². The Hall–Kier alpha value is -2.21. The van der Waals surface area contributed by atoms with Crippen molar-refractivity contribution in [3.05, 3.63) is 5.53 Å². The van der Waals surface area contributed by atoms with Crippen LogP contribution in [-0.4, -0.2) is 46.1 Å². The number of hydrogen-bond donors (Lipinski definition) is 1. The molecule has 0 radical (unpaired) electrons. The van der Waals surface area contributed by atoms with E-state index in [9.17, 15) is 14.4 Å². The summed E-state index contributed by atoms with van der Waals surface area (Å²) in [7, 11) is 0. The summed E-state index contributed by atoms with van der Waals surface area (Å²) in [6.07, 6.45) is -0.658. The van der Waals surface area contributed by atoms with Crippen molar-refractivity contribution in [2.75, 3.05) is 0 Å². The van der Waals surface area contributed by atoms with Crippen LogP contribution in [0.25, 0.3) is 5.53 Å². The summed E-state index contributed by atoms with van der Waals surface area (Å²) in [5, 5.41) is 2.26. The molecule has 0 aromatic heterocycles. The van der Waals surface area contributed by atoms with Gasteiger partial charge in [-0.2, -0.15) is 4.79 Å². The van der Waals surface area contributed by atoms with E-state index in [1.165, 1.54) is 0 Å². The molecular formula is C14H23N3O5. The number of esters is 1. The molecule has 0 aromatic carbocycles. The molecule has 22 heavy (non-hydrogen) atoms. The maximum absolute atomic E-state index is 11.8. The molecule has 1 N–H and O–H groups in total. The third kappa shape index (κ3) is 9.66. The third-order valence-electron chi connectivity index (χ3n) is 2.01. The van der Waals surface area contributed by atoms with E-state index in [0.29, 0.717) is 6.21 Å². The summed E-state index contributed by atoms with van der Waals surface area (Å²) in [5.74, 6) is -1.42. The lowest BCUT2D eigenvalue weighted by atomic mass is 10.1.